The van der Waals surface area contributed by atoms with E-state index in [-0.39, 0.29) is 11.5 Å². The molecule has 0 bridgehead atoms. The Hall–Kier alpha value is -0.950. The molecule has 1 aromatic rings. The molecule has 0 fully saturated rings. The molecule has 1 rings (SSSR count). The van der Waals surface area contributed by atoms with E-state index >= 15 is 0 Å². The molecule has 5 nitrogen and oxygen atoms in total. The van der Waals surface area contributed by atoms with Crippen molar-refractivity contribution in [2.24, 2.45) is 0 Å². The molecule has 0 aromatic heterocycles. The fourth-order valence-corrected chi connectivity index (χ4v) is 2.13. The average Bonchev–Trinajstić information content (AvgIpc) is 2.37. The second-order valence-electron chi connectivity index (χ2n) is 4.07. The Morgan fingerprint density at radius 2 is 1.61 bits per heavy atom. The Balaban J connectivity index is 2.80. The van der Waals surface area contributed by atoms with Crippen LogP contribution in [-0.2, 0) is 23.8 Å². The summed E-state index contributed by atoms with van der Waals surface area (Å²) < 4.78 is 38.8. The van der Waals surface area contributed by atoms with Crippen molar-refractivity contribution in [3.63, 3.8) is 0 Å². The summed E-state index contributed by atoms with van der Waals surface area (Å²) in [5.41, 5.74) is 0.979. The lowest BCUT2D eigenvalue weighted by Crippen LogP contribution is -2.36. The number of aryl methyl sites for hydroxylation is 1. The van der Waals surface area contributed by atoms with E-state index in [4.69, 9.17) is 13.7 Å². The van der Waals surface area contributed by atoms with Crippen molar-refractivity contribution in [3.05, 3.63) is 29.8 Å². The molecule has 0 saturated heterocycles. The summed E-state index contributed by atoms with van der Waals surface area (Å²) in [6, 6.07) is 6.42. The third-order valence-electron chi connectivity index (χ3n) is 2.65. The lowest BCUT2D eigenvalue weighted by molar-refractivity contribution is -0.208. The van der Waals surface area contributed by atoms with Crippen molar-refractivity contribution >= 4 is 10.1 Å². The van der Waals surface area contributed by atoms with Crippen molar-refractivity contribution in [1.29, 1.82) is 0 Å². The van der Waals surface area contributed by atoms with E-state index in [2.05, 4.69) is 0 Å². The second-order valence-corrected chi connectivity index (χ2v) is 5.69. The molecular weight excluding hydrogens is 256 g/mol. The summed E-state index contributed by atoms with van der Waals surface area (Å²) in [6.45, 7) is 3.26. The third-order valence-corrected chi connectivity index (χ3v) is 3.93. The van der Waals surface area contributed by atoms with Gasteiger partial charge in [-0.2, -0.15) is 8.42 Å². The smallest absolute Gasteiger partial charge is 0.297 e. The second kappa shape index (κ2) is 5.79. The van der Waals surface area contributed by atoms with E-state index < -0.39 is 15.9 Å². The van der Waals surface area contributed by atoms with Crippen LogP contribution in [0.1, 0.15) is 12.5 Å². The highest BCUT2D eigenvalue weighted by Crippen LogP contribution is 2.17. The molecule has 0 spiro atoms. The Morgan fingerprint density at radius 1 is 1.11 bits per heavy atom. The zero-order valence-electron chi connectivity index (χ0n) is 11.0. The summed E-state index contributed by atoms with van der Waals surface area (Å²) in [5.74, 6) is -1.09. The minimum absolute atomic E-state index is 0.114. The van der Waals surface area contributed by atoms with Crippen LogP contribution in [0.4, 0.5) is 0 Å². The average molecular weight is 274 g/mol. The van der Waals surface area contributed by atoms with Gasteiger partial charge in [-0.15, -0.1) is 0 Å². The molecule has 0 saturated carbocycles. The maximum Gasteiger partial charge on any atom is 0.297 e. The number of hydrogen-bond donors (Lipinski definition) is 0. The van der Waals surface area contributed by atoms with Gasteiger partial charge in [-0.25, -0.2) is 0 Å². The van der Waals surface area contributed by atoms with Gasteiger partial charge in [0.05, 0.1) is 4.90 Å². The van der Waals surface area contributed by atoms with Crippen LogP contribution in [-0.4, -0.2) is 35.0 Å². The van der Waals surface area contributed by atoms with Crippen molar-refractivity contribution in [3.8, 4) is 0 Å². The van der Waals surface area contributed by atoms with Crippen LogP contribution in [0, 0.1) is 6.92 Å². The summed E-state index contributed by atoms with van der Waals surface area (Å²) in [6.07, 6.45) is 0. The van der Waals surface area contributed by atoms with Crippen molar-refractivity contribution in [1.82, 2.24) is 0 Å². The van der Waals surface area contributed by atoms with Gasteiger partial charge in [-0.05, 0) is 26.0 Å². The SMILES string of the molecule is COC(C)(COS(=O)(=O)c1ccc(C)cc1)OC. The summed E-state index contributed by atoms with van der Waals surface area (Å²) in [7, 11) is -0.946. The molecule has 0 unspecified atom stereocenters. The zero-order valence-corrected chi connectivity index (χ0v) is 11.8. The zero-order chi connectivity index (χ0) is 13.8. The highest BCUT2D eigenvalue weighted by atomic mass is 32.2. The van der Waals surface area contributed by atoms with Gasteiger partial charge >= 0.3 is 0 Å². The van der Waals surface area contributed by atoms with Crippen molar-refractivity contribution in [2.75, 3.05) is 20.8 Å². The largest absolute Gasteiger partial charge is 0.351 e. The minimum Gasteiger partial charge on any atom is -0.351 e. The predicted octanol–water partition coefficient (Wildman–Crippen LogP) is 1.71. The van der Waals surface area contributed by atoms with Crippen LogP contribution in [0.3, 0.4) is 0 Å². The molecule has 1 aromatic carbocycles. The molecular formula is C12H18O5S. The summed E-state index contributed by atoms with van der Waals surface area (Å²) in [4.78, 5) is 0.114. The van der Waals surface area contributed by atoms with Crippen LogP contribution in [0.2, 0.25) is 0 Å². The standard InChI is InChI=1S/C12H18O5S/c1-10-5-7-11(8-6-10)18(13,14)17-9-12(2,15-3)16-4/h5-8H,9H2,1-4H3. The topological polar surface area (TPSA) is 61.8 Å². The van der Waals surface area contributed by atoms with Gasteiger partial charge in [-0.1, -0.05) is 17.7 Å². The summed E-state index contributed by atoms with van der Waals surface area (Å²) in [5, 5.41) is 0. The number of benzene rings is 1. The fraction of sp³-hybridized carbons (Fsp3) is 0.500. The van der Waals surface area contributed by atoms with Crippen LogP contribution in [0.25, 0.3) is 0 Å². The van der Waals surface area contributed by atoms with Crippen LogP contribution < -0.4 is 0 Å². The Kier molecular flexibility index (Phi) is 4.86. The number of methoxy groups -OCH3 is 2. The van der Waals surface area contributed by atoms with Crippen LogP contribution in [0.15, 0.2) is 29.2 Å². The first-order chi connectivity index (χ1) is 8.33. The van der Waals surface area contributed by atoms with Crippen LogP contribution >= 0.6 is 0 Å². The number of ether oxygens (including phenoxy) is 2. The minimum atomic E-state index is -3.79. The fourth-order valence-electron chi connectivity index (χ4n) is 1.16. The first kappa shape index (κ1) is 15.1. The highest BCUT2D eigenvalue weighted by Gasteiger charge is 2.27. The van der Waals surface area contributed by atoms with Gasteiger partial charge in [0.2, 0.25) is 0 Å². The monoisotopic (exact) mass is 274 g/mol. The molecule has 0 aliphatic rings. The number of rotatable bonds is 6. The van der Waals surface area contributed by atoms with E-state index in [1.54, 1.807) is 19.1 Å². The van der Waals surface area contributed by atoms with E-state index in [1.807, 2.05) is 6.92 Å². The first-order valence-electron chi connectivity index (χ1n) is 5.39. The van der Waals surface area contributed by atoms with Gasteiger partial charge in [-0.3, -0.25) is 4.18 Å². The van der Waals surface area contributed by atoms with Gasteiger partial charge < -0.3 is 9.47 Å². The molecule has 0 radical (unpaired) electrons. The van der Waals surface area contributed by atoms with Gasteiger partial charge in [0.25, 0.3) is 10.1 Å². The molecule has 6 heteroatoms. The quantitative estimate of drug-likeness (QED) is 0.584. The number of hydrogen-bond acceptors (Lipinski definition) is 5. The Bertz CT molecular complexity index is 474. The van der Waals surface area contributed by atoms with E-state index in [0.717, 1.165) is 5.56 Å². The predicted molar refractivity (Wildman–Crippen MR) is 66.7 cm³/mol. The maximum atomic E-state index is 11.9. The Labute approximate surface area is 108 Å². The molecule has 0 amide bonds. The normalized spacial score (nSPS) is 12.7. The molecule has 18 heavy (non-hydrogen) atoms. The summed E-state index contributed by atoms with van der Waals surface area (Å²) >= 11 is 0. The molecule has 0 N–H and O–H groups in total. The molecule has 0 atom stereocenters. The molecule has 0 aliphatic heterocycles. The third kappa shape index (κ3) is 3.78. The van der Waals surface area contributed by atoms with Crippen molar-refractivity contribution < 1.29 is 22.1 Å². The van der Waals surface area contributed by atoms with E-state index in [9.17, 15) is 8.42 Å². The van der Waals surface area contributed by atoms with Gasteiger partial charge in [0, 0.05) is 14.2 Å². The van der Waals surface area contributed by atoms with Gasteiger partial charge in [0.1, 0.15) is 6.61 Å². The maximum absolute atomic E-state index is 11.9. The van der Waals surface area contributed by atoms with Gasteiger partial charge in [0.15, 0.2) is 5.79 Å². The lowest BCUT2D eigenvalue weighted by atomic mass is 10.2. The van der Waals surface area contributed by atoms with Crippen molar-refractivity contribution in [2.45, 2.75) is 24.5 Å². The van der Waals surface area contributed by atoms with E-state index in [1.165, 1.54) is 26.4 Å². The lowest BCUT2D eigenvalue weighted by Gasteiger charge is -2.25. The first-order valence-corrected chi connectivity index (χ1v) is 6.80. The van der Waals surface area contributed by atoms with Crippen LogP contribution in [0.5, 0.6) is 0 Å². The molecule has 0 aliphatic carbocycles. The Morgan fingerprint density at radius 3 is 2.06 bits per heavy atom. The molecule has 0 heterocycles. The van der Waals surface area contributed by atoms with E-state index in [0.29, 0.717) is 0 Å². The highest BCUT2D eigenvalue weighted by molar-refractivity contribution is 7.86. The molecule has 102 valence electrons.